The fourth-order valence-corrected chi connectivity index (χ4v) is 2.67. The molecule has 2 rings (SSSR count). The average Bonchev–Trinajstić information content (AvgIpc) is 2.56. The standard InChI is InChI=1S/C14H18ClNO.C4H4O4/c1-10-3-4-13(15)12(9-10)14(17)11-5-7-16(2)8-6-11;5-3(6)1-2-4(7)8/h3-4,9,11H,5-8H2,1-2H3;1-2H,(H,5,6)(H,7,8). The van der Waals surface area contributed by atoms with Crippen molar-refractivity contribution in [2.75, 3.05) is 20.1 Å². The normalized spacial score (nSPS) is 15.5. The van der Waals surface area contributed by atoms with Gasteiger partial charge in [0.2, 0.25) is 0 Å². The summed E-state index contributed by atoms with van der Waals surface area (Å²) in [4.78, 5) is 33.7. The summed E-state index contributed by atoms with van der Waals surface area (Å²) in [6.07, 6.45) is 3.00. The van der Waals surface area contributed by atoms with E-state index in [1.54, 1.807) is 0 Å². The molecule has 2 N–H and O–H groups in total. The molecule has 0 saturated carbocycles. The van der Waals surface area contributed by atoms with Crippen molar-refractivity contribution in [2.24, 2.45) is 5.92 Å². The average molecular weight is 368 g/mol. The van der Waals surface area contributed by atoms with E-state index >= 15 is 0 Å². The van der Waals surface area contributed by atoms with Crippen molar-refractivity contribution in [3.63, 3.8) is 0 Å². The van der Waals surface area contributed by atoms with E-state index in [-0.39, 0.29) is 11.7 Å². The number of carbonyl (C=O) groups excluding carboxylic acids is 1. The zero-order valence-corrected chi connectivity index (χ0v) is 15.0. The van der Waals surface area contributed by atoms with Crippen molar-refractivity contribution < 1.29 is 24.6 Å². The molecule has 0 aromatic heterocycles. The first-order valence-electron chi connectivity index (χ1n) is 7.83. The predicted molar refractivity (Wildman–Crippen MR) is 95.2 cm³/mol. The molecule has 136 valence electrons. The summed E-state index contributed by atoms with van der Waals surface area (Å²) in [5.41, 5.74) is 1.78. The number of nitrogens with zero attached hydrogens (tertiary/aromatic N) is 1. The second-order valence-corrected chi connectivity index (χ2v) is 6.34. The molecule has 1 fully saturated rings. The van der Waals surface area contributed by atoms with E-state index in [1.165, 1.54) is 0 Å². The maximum absolute atomic E-state index is 12.4. The van der Waals surface area contributed by atoms with Gasteiger partial charge >= 0.3 is 11.9 Å². The quantitative estimate of drug-likeness (QED) is 0.627. The van der Waals surface area contributed by atoms with Gasteiger partial charge in [-0.2, -0.15) is 0 Å². The number of likely N-dealkylation sites (tertiary alicyclic amines) is 1. The lowest BCUT2D eigenvalue weighted by Gasteiger charge is -2.28. The van der Waals surface area contributed by atoms with Crippen molar-refractivity contribution in [2.45, 2.75) is 19.8 Å². The Hall–Kier alpha value is -2.18. The minimum Gasteiger partial charge on any atom is -0.478 e. The highest BCUT2D eigenvalue weighted by Gasteiger charge is 2.25. The lowest BCUT2D eigenvalue weighted by atomic mass is 9.88. The second-order valence-electron chi connectivity index (χ2n) is 5.93. The smallest absolute Gasteiger partial charge is 0.328 e. The zero-order chi connectivity index (χ0) is 19.0. The van der Waals surface area contributed by atoms with E-state index < -0.39 is 11.9 Å². The number of hydrogen-bond donors (Lipinski definition) is 2. The number of rotatable bonds is 4. The first kappa shape index (κ1) is 20.9. The SMILES string of the molecule is Cc1ccc(Cl)c(C(=O)C2CCN(C)CC2)c1.O=C(O)C=CC(=O)O. The largest absolute Gasteiger partial charge is 0.478 e. The van der Waals surface area contributed by atoms with Crippen molar-refractivity contribution in [3.05, 3.63) is 46.5 Å². The monoisotopic (exact) mass is 367 g/mol. The minimum atomic E-state index is -1.26. The highest BCUT2D eigenvalue weighted by Crippen LogP contribution is 2.25. The van der Waals surface area contributed by atoms with Crippen LogP contribution in [0, 0.1) is 12.8 Å². The van der Waals surface area contributed by atoms with E-state index in [0.717, 1.165) is 31.5 Å². The fraction of sp³-hybridized carbons (Fsp3) is 0.389. The molecule has 1 aliphatic heterocycles. The molecule has 1 aliphatic rings. The van der Waals surface area contributed by atoms with E-state index in [9.17, 15) is 14.4 Å². The Morgan fingerprint density at radius 1 is 1.12 bits per heavy atom. The molecule has 0 amide bonds. The van der Waals surface area contributed by atoms with Crippen LogP contribution in [0.1, 0.15) is 28.8 Å². The van der Waals surface area contributed by atoms with Crippen LogP contribution in [0.3, 0.4) is 0 Å². The van der Waals surface area contributed by atoms with Gasteiger partial charge in [0, 0.05) is 23.6 Å². The summed E-state index contributed by atoms with van der Waals surface area (Å²) in [6, 6.07) is 5.66. The number of carboxylic acids is 2. The number of aryl methyl sites for hydroxylation is 1. The topological polar surface area (TPSA) is 94.9 Å². The Kier molecular flexibility index (Phi) is 8.31. The van der Waals surface area contributed by atoms with Gasteiger partial charge in [-0.15, -0.1) is 0 Å². The molecule has 0 unspecified atom stereocenters. The molecular formula is C18H22ClNO5. The van der Waals surface area contributed by atoms with Gasteiger partial charge in [-0.05, 0) is 52.0 Å². The van der Waals surface area contributed by atoms with Gasteiger partial charge < -0.3 is 15.1 Å². The molecule has 1 heterocycles. The number of halogens is 1. The highest BCUT2D eigenvalue weighted by atomic mass is 35.5. The summed E-state index contributed by atoms with van der Waals surface area (Å²) < 4.78 is 0. The van der Waals surface area contributed by atoms with Crippen LogP contribution in [0.25, 0.3) is 0 Å². The van der Waals surface area contributed by atoms with Gasteiger partial charge in [0.25, 0.3) is 0 Å². The van der Waals surface area contributed by atoms with Gasteiger partial charge in [0.05, 0.1) is 5.02 Å². The summed E-state index contributed by atoms with van der Waals surface area (Å²) in [7, 11) is 2.10. The van der Waals surface area contributed by atoms with Crippen LogP contribution >= 0.6 is 11.6 Å². The van der Waals surface area contributed by atoms with Crippen LogP contribution < -0.4 is 0 Å². The molecule has 1 saturated heterocycles. The molecule has 0 aliphatic carbocycles. The Bertz CT molecular complexity index is 647. The van der Waals surface area contributed by atoms with E-state index in [4.69, 9.17) is 21.8 Å². The first-order chi connectivity index (χ1) is 11.7. The summed E-state index contributed by atoms with van der Waals surface area (Å²) >= 11 is 6.11. The molecule has 0 atom stereocenters. The highest BCUT2D eigenvalue weighted by molar-refractivity contribution is 6.34. The summed E-state index contributed by atoms with van der Waals surface area (Å²) in [6.45, 7) is 3.99. The summed E-state index contributed by atoms with van der Waals surface area (Å²) in [5.74, 6) is -2.16. The van der Waals surface area contributed by atoms with Crippen molar-refractivity contribution in [3.8, 4) is 0 Å². The number of piperidine rings is 1. The number of carbonyl (C=O) groups is 3. The number of Topliss-reactive ketones (excluding diaryl/α,β-unsaturated/α-hetero) is 1. The van der Waals surface area contributed by atoms with Gasteiger partial charge in [0.15, 0.2) is 5.78 Å². The van der Waals surface area contributed by atoms with Crippen LogP contribution in [0.2, 0.25) is 5.02 Å². The molecule has 1 aromatic carbocycles. The Balaban J connectivity index is 0.000000333. The molecular weight excluding hydrogens is 346 g/mol. The number of ketones is 1. The van der Waals surface area contributed by atoms with Crippen LogP contribution in [-0.2, 0) is 9.59 Å². The maximum Gasteiger partial charge on any atom is 0.328 e. The Labute approximate surface area is 151 Å². The first-order valence-corrected chi connectivity index (χ1v) is 8.21. The van der Waals surface area contributed by atoms with Crippen LogP contribution in [0.15, 0.2) is 30.4 Å². The van der Waals surface area contributed by atoms with Crippen LogP contribution in [0.4, 0.5) is 0 Å². The predicted octanol–water partition coefficient (Wildman–Crippen LogP) is 2.88. The molecule has 1 aromatic rings. The van der Waals surface area contributed by atoms with Gasteiger partial charge in [-0.1, -0.05) is 23.2 Å². The number of benzene rings is 1. The van der Waals surface area contributed by atoms with Crippen LogP contribution in [-0.4, -0.2) is 53.0 Å². The molecule has 7 heteroatoms. The van der Waals surface area contributed by atoms with E-state index in [1.807, 2.05) is 25.1 Å². The van der Waals surface area contributed by atoms with E-state index in [2.05, 4.69) is 11.9 Å². The van der Waals surface area contributed by atoms with Gasteiger partial charge in [-0.3, -0.25) is 4.79 Å². The van der Waals surface area contributed by atoms with Gasteiger partial charge in [0.1, 0.15) is 0 Å². The van der Waals surface area contributed by atoms with Gasteiger partial charge in [-0.25, -0.2) is 9.59 Å². The number of aliphatic carboxylic acids is 2. The van der Waals surface area contributed by atoms with Crippen molar-refractivity contribution in [1.29, 1.82) is 0 Å². The number of carboxylic acid groups (broad SMARTS) is 2. The lowest BCUT2D eigenvalue weighted by molar-refractivity contribution is -0.134. The molecule has 0 radical (unpaired) electrons. The number of hydrogen-bond acceptors (Lipinski definition) is 4. The lowest BCUT2D eigenvalue weighted by Crippen LogP contribution is -2.33. The maximum atomic E-state index is 12.4. The second kappa shape index (κ2) is 9.96. The molecule has 25 heavy (non-hydrogen) atoms. The van der Waals surface area contributed by atoms with Crippen molar-refractivity contribution in [1.82, 2.24) is 4.90 Å². The third kappa shape index (κ3) is 7.49. The van der Waals surface area contributed by atoms with Crippen molar-refractivity contribution >= 4 is 29.3 Å². The third-order valence-electron chi connectivity index (χ3n) is 3.85. The molecule has 0 spiro atoms. The Morgan fingerprint density at radius 2 is 1.64 bits per heavy atom. The zero-order valence-electron chi connectivity index (χ0n) is 14.2. The van der Waals surface area contributed by atoms with E-state index in [0.29, 0.717) is 22.7 Å². The molecule has 0 bridgehead atoms. The summed E-state index contributed by atoms with van der Waals surface area (Å²) in [5, 5.41) is 16.2. The van der Waals surface area contributed by atoms with Crippen LogP contribution in [0.5, 0.6) is 0 Å². The fourth-order valence-electron chi connectivity index (χ4n) is 2.46. The minimum absolute atomic E-state index is 0.144. The molecule has 6 nitrogen and oxygen atoms in total. The Morgan fingerprint density at radius 3 is 2.12 bits per heavy atom. The third-order valence-corrected chi connectivity index (χ3v) is 4.17.